The Morgan fingerprint density at radius 3 is 2.53 bits per heavy atom. The van der Waals surface area contributed by atoms with Gasteiger partial charge in [0.05, 0.1) is 25.1 Å². The number of aromatic nitrogens is 2. The molecule has 0 aliphatic carbocycles. The monoisotopic (exact) mass is 260 g/mol. The van der Waals surface area contributed by atoms with Crippen LogP contribution in [0.2, 0.25) is 0 Å². The van der Waals surface area contributed by atoms with Gasteiger partial charge in [0.15, 0.2) is 0 Å². The van der Waals surface area contributed by atoms with Gasteiger partial charge < -0.3 is 14.5 Å². The van der Waals surface area contributed by atoms with Gasteiger partial charge in [0.1, 0.15) is 5.75 Å². The number of benzene rings is 1. The number of carbonyl (C=O) groups is 1. The van der Waals surface area contributed by atoms with E-state index in [-0.39, 0.29) is 11.9 Å². The highest BCUT2D eigenvalue weighted by Crippen LogP contribution is 2.21. The number of esters is 1. The van der Waals surface area contributed by atoms with Crippen molar-refractivity contribution in [3.05, 3.63) is 36.3 Å². The van der Waals surface area contributed by atoms with Gasteiger partial charge in [-0.2, -0.15) is 0 Å². The lowest BCUT2D eigenvalue weighted by Crippen LogP contribution is -2.05. The van der Waals surface area contributed by atoms with Crippen LogP contribution in [0.3, 0.4) is 0 Å². The minimum atomic E-state index is -0.481. The molecule has 100 valence electrons. The standard InChI is InChI=1S/C14H16N2O3/c1-9(2)19-11-6-4-10(5-7-11)12-8-15-13(16-12)14(17)18-3/h4-9H,1-3H3,(H,15,16). The van der Waals surface area contributed by atoms with Crippen molar-refractivity contribution in [3.8, 4) is 17.0 Å². The van der Waals surface area contributed by atoms with Gasteiger partial charge in [0.2, 0.25) is 5.82 Å². The molecule has 0 unspecified atom stereocenters. The molecule has 1 aromatic carbocycles. The number of nitrogens with zero attached hydrogens (tertiary/aromatic N) is 1. The smallest absolute Gasteiger partial charge is 0.374 e. The van der Waals surface area contributed by atoms with Crippen molar-refractivity contribution in [1.29, 1.82) is 0 Å². The fraction of sp³-hybridized carbons (Fsp3) is 0.286. The summed E-state index contributed by atoms with van der Waals surface area (Å²) in [6, 6.07) is 7.58. The Bertz CT molecular complexity index is 558. The molecule has 0 saturated heterocycles. The normalized spacial score (nSPS) is 10.5. The maximum atomic E-state index is 11.3. The number of methoxy groups -OCH3 is 1. The second-order valence-corrected chi connectivity index (χ2v) is 4.33. The molecule has 1 aromatic heterocycles. The number of ether oxygens (including phenoxy) is 2. The van der Waals surface area contributed by atoms with Crippen molar-refractivity contribution in [2.45, 2.75) is 20.0 Å². The van der Waals surface area contributed by atoms with E-state index in [9.17, 15) is 4.79 Å². The quantitative estimate of drug-likeness (QED) is 0.858. The summed E-state index contributed by atoms with van der Waals surface area (Å²) in [4.78, 5) is 18.2. The summed E-state index contributed by atoms with van der Waals surface area (Å²) >= 11 is 0. The fourth-order valence-corrected chi connectivity index (χ4v) is 1.65. The zero-order valence-corrected chi connectivity index (χ0v) is 11.1. The molecular formula is C14H16N2O3. The molecule has 1 N–H and O–H groups in total. The first-order chi connectivity index (χ1) is 9.10. The van der Waals surface area contributed by atoms with Crippen LogP contribution < -0.4 is 4.74 Å². The van der Waals surface area contributed by atoms with E-state index in [0.29, 0.717) is 0 Å². The molecule has 2 aromatic rings. The van der Waals surface area contributed by atoms with Crippen LogP contribution in [-0.2, 0) is 4.74 Å². The van der Waals surface area contributed by atoms with Crippen molar-refractivity contribution < 1.29 is 14.3 Å². The van der Waals surface area contributed by atoms with Crippen LogP contribution in [0.5, 0.6) is 5.75 Å². The van der Waals surface area contributed by atoms with Gasteiger partial charge >= 0.3 is 5.97 Å². The third-order valence-corrected chi connectivity index (χ3v) is 2.49. The molecule has 0 atom stereocenters. The SMILES string of the molecule is COC(=O)c1ncc(-c2ccc(OC(C)C)cc2)[nH]1. The van der Waals surface area contributed by atoms with Crippen molar-refractivity contribution in [1.82, 2.24) is 9.97 Å². The summed E-state index contributed by atoms with van der Waals surface area (Å²) in [6.45, 7) is 3.96. The summed E-state index contributed by atoms with van der Waals surface area (Å²) in [6.07, 6.45) is 1.74. The number of hydrogen-bond donors (Lipinski definition) is 1. The van der Waals surface area contributed by atoms with Gasteiger partial charge in [0, 0.05) is 0 Å². The molecule has 5 nitrogen and oxygen atoms in total. The zero-order valence-electron chi connectivity index (χ0n) is 11.1. The highest BCUT2D eigenvalue weighted by Gasteiger charge is 2.11. The Morgan fingerprint density at radius 1 is 1.26 bits per heavy atom. The van der Waals surface area contributed by atoms with Crippen molar-refractivity contribution in [3.63, 3.8) is 0 Å². The summed E-state index contributed by atoms with van der Waals surface area (Å²) < 4.78 is 10.2. The first-order valence-electron chi connectivity index (χ1n) is 6.00. The second-order valence-electron chi connectivity index (χ2n) is 4.33. The van der Waals surface area contributed by atoms with E-state index in [1.54, 1.807) is 6.20 Å². The van der Waals surface area contributed by atoms with Gasteiger partial charge in [-0.3, -0.25) is 0 Å². The van der Waals surface area contributed by atoms with Crippen LogP contribution in [-0.4, -0.2) is 29.2 Å². The minimum Gasteiger partial charge on any atom is -0.491 e. The Hall–Kier alpha value is -2.30. The number of H-pyrrole nitrogens is 1. The number of aromatic amines is 1. The molecule has 5 heteroatoms. The van der Waals surface area contributed by atoms with Crippen LogP contribution in [0.25, 0.3) is 11.3 Å². The van der Waals surface area contributed by atoms with E-state index in [0.717, 1.165) is 17.0 Å². The molecule has 0 aliphatic heterocycles. The molecule has 0 saturated carbocycles. The molecule has 19 heavy (non-hydrogen) atoms. The lowest BCUT2D eigenvalue weighted by molar-refractivity contribution is 0.0588. The van der Waals surface area contributed by atoms with E-state index in [2.05, 4.69) is 14.7 Å². The van der Waals surface area contributed by atoms with E-state index in [4.69, 9.17) is 4.74 Å². The van der Waals surface area contributed by atoms with Gasteiger partial charge in [-0.15, -0.1) is 0 Å². The predicted octanol–water partition coefficient (Wildman–Crippen LogP) is 2.65. The van der Waals surface area contributed by atoms with Crippen LogP contribution in [0, 0.1) is 0 Å². The van der Waals surface area contributed by atoms with Gasteiger partial charge in [0.25, 0.3) is 0 Å². The summed E-state index contributed by atoms with van der Waals surface area (Å²) in [7, 11) is 1.32. The van der Waals surface area contributed by atoms with Crippen molar-refractivity contribution >= 4 is 5.97 Å². The molecule has 0 radical (unpaired) electrons. The highest BCUT2D eigenvalue weighted by molar-refractivity contribution is 5.86. The summed E-state index contributed by atoms with van der Waals surface area (Å²) in [5, 5.41) is 0. The minimum absolute atomic E-state index is 0.143. The van der Waals surface area contributed by atoms with Crippen LogP contribution >= 0.6 is 0 Å². The third kappa shape index (κ3) is 3.13. The molecule has 0 amide bonds. The topological polar surface area (TPSA) is 64.2 Å². The number of hydrogen-bond acceptors (Lipinski definition) is 4. The van der Waals surface area contributed by atoms with Crippen molar-refractivity contribution in [2.24, 2.45) is 0 Å². The predicted molar refractivity (Wildman–Crippen MR) is 71.1 cm³/mol. The molecule has 0 spiro atoms. The molecule has 2 rings (SSSR count). The second kappa shape index (κ2) is 5.56. The number of rotatable bonds is 4. The lowest BCUT2D eigenvalue weighted by atomic mass is 10.1. The largest absolute Gasteiger partial charge is 0.491 e. The average Bonchev–Trinajstić information content (AvgIpc) is 2.87. The third-order valence-electron chi connectivity index (χ3n) is 2.49. The summed E-state index contributed by atoms with van der Waals surface area (Å²) in [5.74, 6) is 0.525. The van der Waals surface area contributed by atoms with E-state index < -0.39 is 5.97 Å². The van der Waals surface area contributed by atoms with Crippen LogP contribution in [0.1, 0.15) is 24.5 Å². The van der Waals surface area contributed by atoms with E-state index in [1.165, 1.54) is 7.11 Å². The molecule has 0 bridgehead atoms. The molecular weight excluding hydrogens is 244 g/mol. The van der Waals surface area contributed by atoms with Crippen LogP contribution in [0.15, 0.2) is 30.5 Å². The Labute approximate surface area is 111 Å². The van der Waals surface area contributed by atoms with Crippen LogP contribution in [0.4, 0.5) is 0 Å². The zero-order chi connectivity index (χ0) is 13.8. The summed E-state index contributed by atoms with van der Waals surface area (Å²) in [5.41, 5.74) is 1.69. The Kier molecular flexibility index (Phi) is 3.85. The number of carbonyl (C=O) groups excluding carboxylic acids is 1. The van der Waals surface area contributed by atoms with Gasteiger partial charge in [-0.1, -0.05) is 0 Å². The molecule has 1 heterocycles. The first-order valence-corrected chi connectivity index (χ1v) is 6.00. The van der Waals surface area contributed by atoms with Crippen molar-refractivity contribution in [2.75, 3.05) is 7.11 Å². The number of nitrogens with one attached hydrogen (secondary N) is 1. The Balaban J connectivity index is 2.18. The van der Waals surface area contributed by atoms with Gasteiger partial charge in [-0.05, 0) is 43.7 Å². The van der Waals surface area contributed by atoms with E-state index in [1.807, 2.05) is 38.1 Å². The highest BCUT2D eigenvalue weighted by atomic mass is 16.5. The maximum absolute atomic E-state index is 11.3. The maximum Gasteiger partial charge on any atom is 0.374 e. The van der Waals surface area contributed by atoms with Gasteiger partial charge in [-0.25, -0.2) is 9.78 Å². The molecule has 0 fully saturated rings. The number of imidazole rings is 1. The van der Waals surface area contributed by atoms with E-state index >= 15 is 0 Å². The Morgan fingerprint density at radius 2 is 1.95 bits per heavy atom. The first kappa shape index (κ1) is 13.1. The fourth-order valence-electron chi connectivity index (χ4n) is 1.65. The lowest BCUT2D eigenvalue weighted by Gasteiger charge is -2.09. The average molecular weight is 260 g/mol. The molecule has 0 aliphatic rings.